The van der Waals surface area contributed by atoms with Crippen LogP contribution in [-0.2, 0) is 0 Å². The first-order valence-corrected chi connectivity index (χ1v) is 6.59. The number of nitrogens with zero attached hydrogens (tertiary/aromatic N) is 1. The fraction of sp³-hybridized carbons (Fsp3) is 0.0588. The molecule has 2 N–H and O–H groups in total. The van der Waals surface area contributed by atoms with Gasteiger partial charge in [-0.25, -0.2) is 0 Å². The summed E-state index contributed by atoms with van der Waals surface area (Å²) in [4.78, 5) is 16.4. The van der Waals surface area contributed by atoms with Crippen LogP contribution in [0, 0.1) is 6.92 Å². The number of phenols is 1. The number of amides is 1. The minimum absolute atomic E-state index is 0.0975. The molecule has 0 unspecified atom stereocenters. The molecule has 0 radical (unpaired) electrons. The number of pyridine rings is 1. The second-order valence-electron chi connectivity index (χ2n) is 4.86. The monoisotopic (exact) mass is 278 g/mol. The summed E-state index contributed by atoms with van der Waals surface area (Å²) in [5.41, 5.74) is 1.92. The number of benzene rings is 2. The molecule has 2 aromatic carbocycles. The number of fused-ring (bicyclic) bond motifs is 1. The van der Waals surface area contributed by atoms with E-state index < -0.39 is 0 Å². The predicted molar refractivity (Wildman–Crippen MR) is 82.5 cm³/mol. The number of phenolic OH excluding ortho intramolecular Hbond substituents is 1. The minimum atomic E-state index is -0.276. The molecule has 0 aliphatic heterocycles. The maximum absolute atomic E-state index is 12.2. The Balaban J connectivity index is 1.92. The molecule has 0 saturated carbocycles. The summed E-state index contributed by atoms with van der Waals surface area (Å²) in [6.45, 7) is 1.88. The molecule has 3 rings (SSSR count). The lowest BCUT2D eigenvalue weighted by atomic mass is 10.1. The molecule has 4 nitrogen and oxygen atoms in total. The Hall–Kier alpha value is -2.88. The van der Waals surface area contributed by atoms with E-state index in [-0.39, 0.29) is 11.7 Å². The molecule has 4 heteroatoms. The SMILES string of the molecule is Cc1ccc(NC(=O)c2cc(O)c3ccccc3c2)cn1. The van der Waals surface area contributed by atoms with Crippen LogP contribution >= 0.6 is 0 Å². The number of nitrogens with one attached hydrogen (secondary N) is 1. The molecule has 0 aliphatic rings. The second-order valence-corrected chi connectivity index (χ2v) is 4.86. The van der Waals surface area contributed by atoms with Crippen LogP contribution in [0.25, 0.3) is 10.8 Å². The van der Waals surface area contributed by atoms with Gasteiger partial charge in [-0.05, 0) is 36.6 Å². The quantitative estimate of drug-likeness (QED) is 0.754. The van der Waals surface area contributed by atoms with Crippen LogP contribution in [0.2, 0.25) is 0 Å². The zero-order chi connectivity index (χ0) is 14.8. The molecule has 0 spiro atoms. The van der Waals surface area contributed by atoms with Crippen LogP contribution < -0.4 is 5.32 Å². The van der Waals surface area contributed by atoms with Gasteiger partial charge < -0.3 is 10.4 Å². The molecule has 0 fully saturated rings. The average Bonchev–Trinajstić information content (AvgIpc) is 2.49. The van der Waals surface area contributed by atoms with Crippen molar-refractivity contribution in [3.63, 3.8) is 0 Å². The number of hydrogen-bond acceptors (Lipinski definition) is 3. The first-order valence-electron chi connectivity index (χ1n) is 6.59. The van der Waals surface area contributed by atoms with Gasteiger partial charge in [-0.2, -0.15) is 0 Å². The molecule has 104 valence electrons. The van der Waals surface area contributed by atoms with Gasteiger partial charge in [-0.1, -0.05) is 24.3 Å². The zero-order valence-electron chi connectivity index (χ0n) is 11.5. The molecule has 1 amide bonds. The van der Waals surface area contributed by atoms with Gasteiger partial charge in [0.1, 0.15) is 5.75 Å². The highest BCUT2D eigenvalue weighted by Gasteiger charge is 2.10. The lowest BCUT2D eigenvalue weighted by Gasteiger charge is -2.08. The second kappa shape index (κ2) is 5.25. The van der Waals surface area contributed by atoms with E-state index in [1.54, 1.807) is 18.3 Å². The third-order valence-corrected chi connectivity index (χ3v) is 3.27. The summed E-state index contributed by atoms with van der Waals surface area (Å²) in [5, 5.41) is 14.3. The lowest BCUT2D eigenvalue weighted by molar-refractivity contribution is 0.102. The molecular weight excluding hydrogens is 264 g/mol. The Kier molecular flexibility index (Phi) is 3.28. The summed E-state index contributed by atoms with van der Waals surface area (Å²) >= 11 is 0. The van der Waals surface area contributed by atoms with Gasteiger partial charge in [0.25, 0.3) is 5.91 Å². The van der Waals surface area contributed by atoms with Crippen molar-refractivity contribution in [2.75, 3.05) is 5.32 Å². The highest BCUT2D eigenvalue weighted by Crippen LogP contribution is 2.26. The van der Waals surface area contributed by atoms with Gasteiger partial charge in [-0.15, -0.1) is 0 Å². The normalized spacial score (nSPS) is 10.5. The van der Waals surface area contributed by atoms with Crippen molar-refractivity contribution in [1.29, 1.82) is 0 Å². The number of carbonyl (C=O) groups excluding carboxylic acids is 1. The Morgan fingerprint density at radius 2 is 1.95 bits per heavy atom. The number of rotatable bonds is 2. The maximum Gasteiger partial charge on any atom is 0.255 e. The summed E-state index contributed by atoms with van der Waals surface area (Å²) in [6.07, 6.45) is 1.61. The van der Waals surface area contributed by atoms with Crippen LogP contribution in [0.1, 0.15) is 16.1 Å². The molecule has 0 saturated heterocycles. The topological polar surface area (TPSA) is 62.2 Å². The molecule has 0 aliphatic carbocycles. The number of hydrogen-bond donors (Lipinski definition) is 2. The molecule has 3 aromatic rings. The van der Waals surface area contributed by atoms with E-state index in [9.17, 15) is 9.90 Å². The van der Waals surface area contributed by atoms with Crippen LogP contribution in [0.15, 0.2) is 54.7 Å². The van der Waals surface area contributed by atoms with E-state index >= 15 is 0 Å². The predicted octanol–water partition coefficient (Wildman–Crippen LogP) is 3.50. The maximum atomic E-state index is 12.2. The Morgan fingerprint density at radius 3 is 2.71 bits per heavy atom. The van der Waals surface area contributed by atoms with Crippen molar-refractivity contribution in [1.82, 2.24) is 4.98 Å². The molecule has 0 bridgehead atoms. The number of aryl methyl sites for hydroxylation is 1. The van der Waals surface area contributed by atoms with E-state index in [0.29, 0.717) is 11.3 Å². The van der Waals surface area contributed by atoms with E-state index in [0.717, 1.165) is 16.5 Å². The first kappa shape index (κ1) is 13.1. The molecular formula is C17H14N2O2. The highest BCUT2D eigenvalue weighted by atomic mass is 16.3. The number of carbonyl (C=O) groups is 1. The van der Waals surface area contributed by atoms with Gasteiger partial charge in [0, 0.05) is 16.6 Å². The van der Waals surface area contributed by atoms with Gasteiger partial charge in [0.15, 0.2) is 0 Å². The first-order chi connectivity index (χ1) is 10.1. The van der Waals surface area contributed by atoms with Crippen molar-refractivity contribution in [3.05, 3.63) is 66.0 Å². The average molecular weight is 278 g/mol. The third kappa shape index (κ3) is 2.69. The summed E-state index contributed by atoms with van der Waals surface area (Å²) in [6, 6.07) is 14.2. The van der Waals surface area contributed by atoms with Crippen LogP contribution in [-0.4, -0.2) is 16.0 Å². The third-order valence-electron chi connectivity index (χ3n) is 3.27. The minimum Gasteiger partial charge on any atom is -0.507 e. The summed E-state index contributed by atoms with van der Waals surface area (Å²) in [7, 11) is 0. The van der Waals surface area contributed by atoms with Gasteiger partial charge in [-0.3, -0.25) is 9.78 Å². The van der Waals surface area contributed by atoms with E-state index in [2.05, 4.69) is 10.3 Å². The van der Waals surface area contributed by atoms with Gasteiger partial charge in [0.2, 0.25) is 0 Å². The van der Waals surface area contributed by atoms with E-state index in [1.165, 1.54) is 6.07 Å². The molecule has 21 heavy (non-hydrogen) atoms. The van der Waals surface area contributed by atoms with Gasteiger partial charge in [0.05, 0.1) is 11.9 Å². The fourth-order valence-electron chi connectivity index (χ4n) is 2.17. The zero-order valence-corrected chi connectivity index (χ0v) is 11.5. The van der Waals surface area contributed by atoms with Crippen molar-refractivity contribution < 1.29 is 9.90 Å². The number of anilines is 1. The smallest absolute Gasteiger partial charge is 0.255 e. The standard InChI is InChI=1S/C17H14N2O2/c1-11-6-7-14(10-18-11)19-17(21)13-8-12-4-2-3-5-15(12)16(20)9-13/h2-10,20H,1H3,(H,19,21). The summed E-state index contributed by atoms with van der Waals surface area (Å²) < 4.78 is 0. The molecule has 0 atom stereocenters. The fourth-order valence-corrected chi connectivity index (χ4v) is 2.17. The van der Waals surface area contributed by atoms with Crippen LogP contribution in [0.3, 0.4) is 0 Å². The van der Waals surface area contributed by atoms with Gasteiger partial charge >= 0.3 is 0 Å². The van der Waals surface area contributed by atoms with Crippen LogP contribution in [0.5, 0.6) is 5.75 Å². The number of aromatic nitrogens is 1. The largest absolute Gasteiger partial charge is 0.507 e. The lowest BCUT2D eigenvalue weighted by Crippen LogP contribution is -2.12. The van der Waals surface area contributed by atoms with Crippen molar-refractivity contribution in [2.24, 2.45) is 0 Å². The van der Waals surface area contributed by atoms with Crippen molar-refractivity contribution in [3.8, 4) is 5.75 Å². The molecule has 1 heterocycles. The van der Waals surface area contributed by atoms with Crippen molar-refractivity contribution in [2.45, 2.75) is 6.92 Å². The van der Waals surface area contributed by atoms with E-state index in [4.69, 9.17) is 0 Å². The van der Waals surface area contributed by atoms with Crippen LogP contribution in [0.4, 0.5) is 5.69 Å². The molecule has 1 aromatic heterocycles. The Bertz CT molecular complexity index is 811. The highest BCUT2D eigenvalue weighted by molar-refractivity contribution is 6.07. The van der Waals surface area contributed by atoms with Crippen molar-refractivity contribution >= 4 is 22.4 Å². The summed E-state index contributed by atoms with van der Waals surface area (Å²) in [5.74, 6) is -0.179. The Morgan fingerprint density at radius 1 is 1.14 bits per heavy atom. The Labute approximate surface area is 122 Å². The number of aromatic hydroxyl groups is 1. The van der Waals surface area contributed by atoms with E-state index in [1.807, 2.05) is 37.3 Å².